The molecule has 0 aliphatic heterocycles. The van der Waals surface area contributed by atoms with Crippen molar-refractivity contribution in [2.75, 3.05) is 7.11 Å². The number of hydrogen-bond donors (Lipinski definition) is 0. The SMILES string of the molecule is COc1ccc(C(Cl)C2(C)CCCCC2)cc1Cl. The van der Waals surface area contributed by atoms with Crippen molar-refractivity contribution in [1.82, 2.24) is 0 Å². The molecule has 0 heterocycles. The third-order valence-corrected chi connectivity index (χ3v) is 5.15. The van der Waals surface area contributed by atoms with E-state index in [9.17, 15) is 0 Å². The Balaban J connectivity index is 2.22. The minimum Gasteiger partial charge on any atom is -0.495 e. The van der Waals surface area contributed by atoms with Crippen molar-refractivity contribution < 1.29 is 4.74 Å². The van der Waals surface area contributed by atoms with E-state index in [0.717, 1.165) is 5.56 Å². The van der Waals surface area contributed by atoms with Crippen LogP contribution in [0.2, 0.25) is 5.02 Å². The van der Waals surface area contributed by atoms with E-state index in [2.05, 4.69) is 6.92 Å². The average molecular weight is 287 g/mol. The second-order valence-corrected chi connectivity index (χ2v) is 6.31. The van der Waals surface area contributed by atoms with Gasteiger partial charge in [-0.3, -0.25) is 0 Å². The molecule has 1 nitrogen and oxygen atoms in total. The molecule has 0 radical (unpaired) electrons. The lowest BCUT2D eigenvalue weighted by molar-refractivity contribution is 0.206. The lowest BCUT2D eigenvalue weighted by Crippen LogP contribution is -2.25. The van der Waals surface area contributed by atoms with Crippen LogP contribution in [0.1, 0.15) is 50.0 Å². The van der Waals surface area contributed by atoms with Gasteiger partial charge in [-0.15, -0.1) is 11.6 Å². The molecule has 2 rings (SSSR count). The minimum absolute atomic E-state index is 0.0289. The van der Waals surface area contributed by atoms with Crippen molar-refractivity contribution in [2.24, 2.45) is 5.41 Å². The van der Waals surface area contributed by atoms with E-state index in [0.29, 0.717) is 10.8 Å². The normalized spacial score (nSPS) is 20.4. The molecule has 1 fully saturated rings. The molecular formula is C15H20Cl2O. The van der Waals surface area contributed by atoms with Crippen LogP contribution in [0, 0.1) is 5.41 Å². The first-order valence-electron chi connectivity index (χ1n) is 6.54. The van der Waals surface area contributed by atoms with E-state index in [4.69, 9.17) is 27.9 Å². The maximum Gasteiger partial charge on any atom is 0.137 e. The van der Waals surface area contributed by atoms with Crippen molar-refractivity contribution in [3.63, 3.8) is 0 Å². The highest BCUT2D eigenvalue weighted by molar-refractivity contribution is 6.32. The molecule has 1 saturated carbocycles. The second kappa shape index (κ2) is 5.71. The van der Waals surface area contributed by atoms with Gasteiger partial charge < -0.3 is 4.74 Å². The van der Waals surface area contributed by atoms with Gasteiger partial charge in [0.05, 0.1) is 17.5 Å². The first-order valence-corrected chi connectivity index (χ1v) is 7.36. The van der Waals surface area contributed by atoms with Crippen LogP contribution in [0.3, 0.4) is 0 Å². The first-order chi connectivity index (χ1) is 8.57. The fraction of sp³-hybridized carbons (Fsp3) is 0.600. The van der Waals surface area contributed by atoms with Crippen molar-refractivity contribution in [3.8, 4) is 5.75 Å². The molecule has 1 aromatic carbocycles. The summed E-state index contributed by atoms with van der Waals surface area (Å²) in [6.07, 6.45) is 6.30. The summed E-state index contributed by atoms with van der Waals surface area (Å²) < 4.78 is 5.18. The van der Waals surface area contributed by atoms with E-state index < -0.39 is 0 Å². The molecule has 0 saturated heterocycles. The van der Waals surface area contributed by atoms with Crippen LogP contribution in [0.25, 0.3) is 0 Å². The summed E-state index contributed by atoms with van der Waals surface area (Å²) in [5.74, 6) is 0.707. The summed E-state index contributed by atoms with van der Waals surface area (Å²) in [5, 5.41) is 0.668. The summed E-state index contributed by atoms with van der Waals surface area (Å²) in [6, 6.07) is 5.87. The molecule has 0 bridgehead atoms. The zero-order chi connectivity index (χ0) is 13.2. The summed E-state index contributed by atoms with van der Waals surface area (Å²) in [7, 11) is 1.63. The van der Waals surface area contributed by atoms with Crippen molar-refractivity contribution in [3.05, 3.63) is 28.8 Å². The van der Waals surface area contributed by atoms with Crippen LogP contribution in [-0.4, -0.2) is 7.11 Å². The van der Waals surface area contributed by atoms with Gasteiger partial charge in [0.15, 0.2) is 0 Å². The second-order valence-electron chi connectivity index (χ2n) is 5.47. The Morgan fingerprint density at radius 3 is 2.44 bits per heavy atom. The summed E-state index contributed by atoms with van der Waals surface area (Å²) in [5.41, 5.74) is 1.30. The molecule has 1 aliphatic rings. The molecule has 1 aromatic rings. The molecular weight excluding hydrogens is 267 g/mol. The number of halogens is 2. The Kier molecular flexibility index (Phi) is 4.45. The molecule has 0 N–H and O–H groups in total. The van der Waals surface area contributed by atoms with Crippen molar-refractivity contribution >= 4 is 23.2 Å². The number of hydrogen-bond acceptors (Lipinski definition) is 1. The van der Waals surface area contributed by atoms with Crippen LogP contribution in [0.5, 0.6) is 5.75 Å². The Labute approximate surface area is 119 Å². The van der Waals surface area contributed by atoms with Gasteiger partial charge in [-0.05, 0) is 36.0 Å². The van der Waals surface area contributed by atoms with Crippen LogP contribution in [0.15, 0.2) is 18.2 Å². The lowest BCUT2D eigenvalue weighted by Gasteiger charge is -2.38. The number of rotatable bonds is 3. The van der Waals surface area contributed by atoms with Gasteiger partial charge >= 0.3 is 0 Å². The van der Waals surface area contributed by atoms with Gasteiger partial charge in [-0.1, -0.05) is 43.9 Å². The van der Waals surface area contributed by atoms with E-state index in [1.807, 2.05) is 18.2 Å². The van der Waals surface area contributed by atoms with Crippen LogP contribution < -0.4 is 4.74 Å². The van der Waals surface area contributed by atoms with Gasteiger partial charge in [0.2, 0.25) is 0 Å². The first kappa shape index (κ1) is 14.0. The molecule has 1 aliphatic carbocycles. The fourth-order valence-corrected chi connectivity index (χ4v) is 3.48. The van der Waals surface area contributed by atoms with Crippen LogP contribution >= 0.6 is 23.2 Å². The van der Waals surface area contributed by atoms with Gasteiger partial charge in [0.25, 0.3) is 0 Å². The fourth-order valence-electron chi connectivity index (χ4n) is 2.86. The Morgan fingerprint density at radius 1 is 1.22 bits per heavy atom. The number of benzene rings is 1. The topological polar surface area (TPSA) is 9.23 Å². The molecule has 100 valence electrons. The third kappa shape index (κ3) is 2.78. The van der Waals surface area contributed by atoms with Gasteiger partial charge in [-0.25, -0.2) is 0 Å². The third-order valence-electron chi connectivity index (χ3n) is 4.08. The maximum absolute atomic E-state index is 6.69. The molecule has 3 heteroatoms. The summed E-state index contributed by atoms with van der Waals surface area (Å²) in [4.78, 5) is 0. The van der Waals surface area contributed by atoms with Crippen LogP contribution in [0.4, 0.5) is 0 Å². The predicted octanol–water partition coefficient (Wildman–Crippen LogP) is 5.60. The largest absolute Gasteiger partial charge is 0.495 e. The van der Waals surface area contributed by atoms with Crippen LogP contribution in [-0.2, 0) is 0 Å². The standard InChI is InChI=1S/C15H20Cl2O/c1-15(8-4-3-5-9-15)14(17)11-6-7-13(18-2)12(16)10-11/h6-7,10,14H,3-5,8-9H2,1-2H3. The maximum atomic E-state index is 6.69. The van der Waals surface area contributed by atoms with E-state index >= 15 is 0 Å². The highest BCUT2D eigenvalue weighted by Crippen LogP contribution is 2.49. The lowest BCUT2D eigenvalue weighted by atomic mass is 9.71. The molecule has 1 atom stereocenters. The molecule has 0 amide bonds. The minimum atomic E-state index is 0.0289. The predicted molar refractivity (Wildman–Crippen MR) is 77.8 cm³/mol. The van der Waals surface area contributed by atoms with Crippen molar-refractivity contribution in [1.29, 1.82) is 0 Å². The summed E-state index contributed by atoms with van der Waals surface area (Å²) in [6.45, 7) is 2.29. The van der Waals surface area contributed by atoms with E-state index in [1.54, 1.807) is 7.11 Å². The quantitative estimate of drug-likeness (QED) is 0.657. The van der Waals surface area contributed by atoms with Gasteiger partial charge in [0, 0.05) is 0 Å². The zero-order valence-electron chi connectivity index (χ0n) is 11.0. The highest BCUT2D eigenvalue weighted by atomic mass is 35.5. The Morgan fingerprint density at radius 2 is 1.89 bits per heavy atom. The Bertz CT molecular complexity index is 411. The number of ether oxygens (including phenoxy) is 1. The number of methoxy groups -OCH3 is 1. The van der Waals surface area contributed by atoms with E-state index in [1.165, 1.54) is 32.1 Å². The van der Waals surface area contributed by atoms with Crippen molar-refractivity contribution in [2.45, 2.75) is 44.4 Å². The summed E-state index contributed by atoms with van der Waals surface area (Å²) >= 11 is 12.9. The van der Waals surface area contributed by atoms with Gasteiger partial charge in [-0.2, -0.15) is 0 Å². The molecule has 0 aromatic heterocycles. The zero-order valence-corrected chi connectivity index (χ0v) is 12.5. The average Bonchev–Trinajstić information content (AvgIpc) is 2.38. The molecule has 1 unspecified atom stereocenters. The Hall–Kier alpha value is -0.400. The van der Waals surface area contributed by atoms with E-state index in [-0.39, 0.29) is 10.8 Å². The molecule has 0 spiro atoms. The smallest absolute Gasteiger partial charge is 0.137 e. The molecule has 18 heavy (non-hydrogen) atoms. The highest BCUT2D eigenvalue weighted by Gasteiger charge is 2.35. The monoisotopic (exact) mass is 286 g/mol. The number of alkyl halides is 1. The van der Waals surface area contributed by atoms with Gasteiger partial charge in [0.1, 0.15) is 5.75 Å².